The van der Waals surface area contributed by atoms with Gasteiger partial charge in [-0.2, -0.15) is 0 Å². The largest absolute Gasteiger partial charge is 0.497 e. The number of carbonyl (C=O) groups is 3. The predicted octanol–water partition coefficient (Wildman–Crippen LogP) is 4.34. The Labute approximate surface area is 173 Å². The number of benzene rings is 2. The number of carbonyl (C=O) groups excluding carboxylic acids is 3. The molecule has 1 aromatic heterocycles. The Kier molecular flexibility index (Phi) is 6.32. The molecule has 7 nitrogen and oxygen atoms in total. The summed E-state index contributed by atoms with van der Waals surface area (Å²) in [5, 5.41) is 2.67. The van der Waals surface area contributed by atoms with E-state index in [0.717, 1.165) is 0 Å². The summed E-state index contributed by atoms with van der Waals surface area (Å²) in [6.07, 6.45) is -1.02. The van der Waals surface area contributed by atoms with Crippen molar-refractivity contribution in [1.29, 1.82) is 0 Å². The van der Waals surface area contributed by atoms with Gasteiger partial charge in [0.2, 0.25) is 5.76 Å². The number of ketones is 1. The van der Waals surface area contributed by atoms with Crippen molar-refractivity contribution in [3.63, 3.8) is 0 Å². The van der Waals surface area contributed by atoms with E-state index in [1.807, 2.05) is 0 Å². The Balaban J connectivity index is 1.61. The van der Waals surface area contributed by atoms with Crippen LogP contribution in [0.1, 0.15) is 34.8 Å². The van der Waals surface area contributed by atoms with Gasteiger partial charge in [-0.1, -0.05) is 24.3 Å². The van der Waals surface area contributed by atoms with E-state index in [0.29, 0.717) is 28.3 Å². The van der Waals surface area contributed by atoms with Crippen molar-refractivity contribution in [3.05, 3.63) is 72.0 Å². The summed E-state index contributed by atoms with van der Waals surface area (Å²) in [6, 6.07) is 16.7. The molecule has 1 N–H and O–H groups in total. The second-order valence-corrected chi connectivity index (χ2v) is 6.56. The average molecular weight is 407 g/mol. The van der Waals surface area contributed by atoms with Crippen molar-refractivity contribution < 1.29 is 28.3 Å². The first kappa shape index (κ1) is 20.9. The number of amides is 1. The monoisotopic (exact) mass is 407 g/mol. The van der Waals surface area contributed by atoms with Crippen LogP contribution in [-0.4, -0.2) is 30.9 Å². The Hall–Kier alpha value is -3.87. The van der Waals surface area contributed by atoms with E-state index < -0.39 is 18.0 Å². The van der Waals surface area contributed by atoms with Crippen LogP contribution in [-0.2, 0) is 9.53 Å². The maximum atomic E-state index is 12.3. The van der Waals surface area contributed by atoms with Crippen LogP contribution < -0.4 is 10.1 Å². The summed E-state index contributed by atoms with van der Waals surface area (Å²) >= 11 is 0. The van der Waals surface area contributed by atoms with Gasteiger partial charge in [0.25, 0.3) is 5.91 Å². The van der Waals surface area contributed by atoms with Crippen molar-refractivity contribution in [2.45, 2.75) is 20.0 Å². The fourth-order valence-corrected chi connectivity index (χ4v) is 2.66. The predicted molar refractivity (Wildman–Crippen MR) is 111 cm³/mol. The number of rotatable bonds is 7. The smallest absolute Gasteiger partial charge is 0.375 e. The van der Waals surface area contributed by atoms with Crippen LogP contribution in [0.25, 0.3) is 11.3 Å². The zero-order valence-electron chi connectivity index (χ0n) is 16.8. The number of esters is 1. The van der Waals surface area contributed by atoms with Crippen LogP contribution >= 0.6 is 0 Å². The van der Waals surface area contributed by atoms with Gasteiger partial charge in [-0.05, 0) is 50.2 Å². The molecule has 1 atom stereocenters. The third-order valence-electron chi connectivity index (χ3n) is 4.39. The highest BCUT2D eigenvalue weighted by molar-refractivity contribution is 5.97. The lowest BCUT2D eigenvalue weighted by molar-refractivity contribution is -0.123. The second kappa shape index (κ2) is 9.09. The Morgan fingerprint density at radius 3 is 2.20 bits per heavy atom. The molecule has 0 bridgehead atoms. The number of anilines is 1. The third kappa shape index (κ3) is 4.94. The van der Waals surface area contributed by atoms with Crippen LogP contribution in [0.5, 0.6) is 5.75 Å². The maximum Gasteiger partial charge on any atom is 0.375 e. The molecule has 30 heavy (non-hydrogen) atoms. The minimum Gasteiger partial charge on any atom is -0.497 e. The summed E-state index contributed by atoms with van der Waals surface area (Å²) in [4.78, 5) is 36.0. The number of furan rings is 1. The van der Waals surface area contributed by atoms with E-state index in [1.165, 1.54) is 19.9 Å². The van der Waals surface area contributed by atoms with Gasteiger partial charge < -0.3 is 19.2 Å². The number of Topliss-reactive ketones (excluding diaryl/α,β-unsaturated/α-hetero) is 1. The standard InChI is InChI=1S/C23H21NO6/c1-14(25)16-4-6-17(7-5-16)20-12-13-21(30-20)23(27)29-15(2)22(26)24-18-8-10-19(28-3)11-9-18/h4-13,15H,1-3H3,(H,24,26). The van der Waals surface area contributed by atoms with Gasteiger partial charge in [0, 0.05) is 16.8 Å². The minimum atomic E-state index is -1.02. The van der Waals surface area contributed by atoms with E-state index in [2.05, 4.69) is 5.32 Å². The van der Waals surface area contributed by atoms with Gasteiger partial charge >= 0.3 is 5.97 Å². The lowest BCUT2D eigenvalue weighted by Gasteiger charge is -2.13. The van der Waals surface area contributed by atoms with Crippen LogP contribution in [0.3, 0.4) is 0 Å². The Morgan fingerprint density at radius 1 is 0.933 bits per heavy atom. The minimum absolute atomic E-state index is 0.0234. The molecule has 1 heterocycles. The van der Waals surface area contributed by atoms with E-state index in [4.69, 9.17) is 13.9 Å². The number of hydrogen-bond donors (Lipinski definition) is 1. The molecule has 0 fully saturated rings. The maximum absolute atomic E-state index is 12.3. The molecular weight excluding hydrogens is 386 g/mol. The van der Waals surface area contributed by atoms with Crippen LogP contribution in [0.2, 0.25) is 0 Å². The molecular formula is C23H21NO6. The normalized spacial score (nSPS) is 11.4. The van der Waals surface area contributed by atoms with Gasteiger partial charge in [0.05, 0.1) is 7.11 Å². The molecule has 7 heteroatoms. The highest BCUT2D eigenvalue weighted by Gasteiger charge is 2.21. The number of ether oxygens (including phenoxy) is 2. The van der Waals surface area contributed by atoms with E-state index >= 15 is 0 Å². The molecule has 0 saturated heterocycles. The molecule has 2 aromatic carbocycles. The summed E-state index contributed by atoms with van der Waals surface area (Å²) in [5.41, 5.74) is 1.85. The molecule has 3 rings (SSSR count). The lowest BCUT2D eigenvalue weighted by Crippen LogP contribution is -2.29. The number of hydrogen-bond acceptors (Lipinski definition) is 6. The van der Waals surface area contributed by atoms with Crippen molar-refractivity contribution in [1.82, 2.24) is 0 Å². The first-order chi connectivity index (χ1) is 14.4. The molecule has 154 valence electrons. The van der Waals surface area contributed by atoms with Gasteiger partial charge in [0.15, 0.2) is 11.9 Å². The van der Waals surface area contributed by atoms with Crippen molar-refractivity contribution >= 4 is 23.3 Å². The number of nitrogens with one attached hydrogen (secondary N) is 1. The quantitative estimate of drug-likeness (QED) is 0.462. The van der Waals surface area contributed by atoms with Gasteiger partial charge in [-0.3, -0.25) is 9.59 Å². The zero-order valence-corrected chi connectivity index (χ0v) is 16.8. The first-order valence-corrected chi connectivity index (χ1v) is 9.24. The highest BCUT2D eigenvalue weighted by Crippen LogP contribution is 2.23. The van der Waals surface area contributed by atoms with Crippen molar-refractivity contribution in [3.8, 4) is 17.1 Å². The fourth-order valence-electron chi connectivity index (χ4n) is 2.66. The topological polar surface area (TPSA) is 94.8 Å². The summed E-state index contributed by atoms with van der Waals surface area (Å²) in [5.74, 6) is -0.166. The second-order valence-electron chi connectivity index (χ2n) is 6.56. The molecule has 1 amide bonds. The zero-order chi connectivity index (χ0) is 21.7. The molecule has 0 radical (unpaired) electrons. The van der Waals surface area contributed by atoms with Crippen LogP contribution in [0.15, 0.2) is 65.1 Å². The van der Waals surface area contributed by atoms with Gasteiger partial charge in [-0.25, -0.2) is 4.79 Å². The molecule has 3 aromatic rings. The van der Waals surface area contributed by atoms with Crippen molar-refractivity contribution in [2.75, 3.05) is 12.4 Å². The Bertz CT molecular complexity index is 1050. The lowest BCUT2D eigenvalue weighted by atomic mass is 10.1. The molecule has 0 aliphatic carbocycles. The molecule has 1 unspecified atom stereocenters. The SMILES string of the molecule is COc1ccc(NC(=O)C(C)OC(=O)c2ccc(-c3ccc(C(C)=O)cc3)o2)cc1. The van der Waals surface area contributed by atoms with Gasteiger partial charge in [0.1, 0.15) is 11.5 Å². The van der Waals surface area contributed by atoms with E-state index in [-0.39, 0.29) is 11.5 Å². The molecule has 0 spiro atoms. The average Bonchev–Trinajstić information content (AvgIpc) is 3.24. The van der Waals surface area contributed by atoms with Gasteiger partial charge in [-0.15, -0.1) is 0 Å². The fraction of sp³-hybridized carbons (Fsp3) is 0.174. The molecule has 0 saturated carbocycles. The van der Waals surface area contributed by atoms with E-state index in [9.17, 15) is 14.4 Å². The van der Waals surface area contributed by atoms with Crippen LogP contribution in [0, 0.1) is 0 Å². The summed E-state index contributed by atoms with van der Waals surface area (Å²) in [6.45, 7) is 2.96. The molecule has 0 aliphatic rings. The molecule has 0 aliphatic heterocycles. The van der Waals surface area contributed by atoms with Crippen molar-refractivity contribution in [2.24, 2.45) is 0 Å². The highest BCUT2D eigenvalue weighted by atomic mass is 16.6. The van der Waals surface area contributed by atoms with E-state index in [1.54, 1.807) is 61.7 Å². The number of methoxy groups -OCH3 is 1. The first-order valence-electron chi connectivity index (χ1n) is 9.24. The third-order valence-corrected chi connectivity index (χ3v) is 4.39. The summed E-state index contributed by atoms with van der Waals surface area (Å²) in [7, 11) is 1.55. The summed E-state index contributed by atoms with van der Waals surface area (Å²) < 4.78 is 15.8. The Morgan fingerprint density at radius 2 is 1.60 bits per heavy atom. The van der Waals surface area contributed by atoms with Crippen LogP contribution in [0.4, 0.5) is 5.69 Å².